The van der Waals surface area contributed by atoms with Gasteiger partial charge in [-0.15, -0.1) is 0 Å². The molecule has 0 aliphatic carbocycles. The van der Waals surface area contributed by atoms with E-state index in [0.29, 0.717) is 5.56 Å². The Kier molecular flexibility index (Phi) is 4.37. The maximum absolute atomic E-state index is 12.6. The summed E-state index contributed by atoms with van der Waals surface area (Å²) in [4.78, 5) is -0.300. The quantitative estimate of drug-likeness (QED) is 0.837. The number of aryl methyl sites for hydroxylation is 1. The molecule has 0 fully saturated rings. The van der Waals surface area contributed by atoms with Gasteiger partial charge in [0.25, 0.3) is 10.1 Å². The van der Waals surface area contributed by atoms with Crippen molar-refractivity contribution in [2.75, 3.05) is 0 Å². The Labute approximate surface area is 131 Å². The number of alkyl halides is 3. The van der Waals surface area contributed by atoms with E-state index < -0.39 is 21.9 Å². The second-order valence-electron chi connectivity index (χ2n) is 5.03. The first-order valence-electron chi connectivity index (χ1n) is 6.45. The lowest BCUT2D eigenvalue weighted by Crippen LogP contribution is -2.09. The van der Waals surface area contributed by atoms with Crippen molar-refractivity contribution in [3.05, 3.63) is 60.2 Å². The molecule has 0 aromatic heterocycles. The van der Waals surface area contributed by atoms with E-state index in [0.717, 1.165) is 5.56 Å². The fraction of sp³-hybridized carbons (Fsp3) is 0.125. The molecule has 0 amide bonds. The molecule has 0 heterocycles. The van der Waals surface area contributed by atoms with E-state index in [-0.39, 0.29) is 16.0 Å². The Hall–Kier alpha value is -2.12. The number of hydrogen-bond donors (Lipinski definition) is 1. The maximum atomic E-state index is 12.6. The third-order valence-electron chi connectivity index (χ3n) is 3.30. The van der Waals surface area contributed by atoms with Crippen molar-refractivity contribution >= 4 is 15.7 Å². The van der Waals surface area contributed by atoms with Gasteiger partial charge >= 0.3 is 6.18 Å². The number of benzene rings is 2. The molecule has 0 bridgehead atoms. The Bertz CT molecular complexity index is 851. The molecule has 2 aromatic carbocycles. The summed E-state index contributed by atoms with van der Waals surface area (Å²) in [6, 6.07) is 9.44. The van der Waals surface area contributed by atoms with Gasteiger partial charge in [-0.2, -0.15) is 21.6 Å². The third kappa shape index (κ3) is 3.80. The molecule has 0 aliphatic rings. The van der Waals surface area contributed by atoms with Crippen LogP contribution in [0.15, 0.2) is 53.9 Å². The smallest absolute Gasteiger partial charge is 0.282 e. The lowest BCUT2D eigenvalue weighted by Gasteiger charge is -2.12. The Morgan fingerprint density at radius 1 is 1.09 bits per heavy atom. The van der Waals surface area contributed by atoms with Crippen molar-refractivity contribution in [3.8, 4) is 11.1 Å². The first kappa shape index (κ1) is 17.2. The average Bonchev–Trinajstić information content (AvgIpc) is 2.44. The molecule has 7 heteroatoms. The van der Waals surface area contributed by atoms with Gasteiger partial charge in [-0.05, 0) is 24.1 Å². The second kappa shape index (κ2) is 5.82. The molecule has 3 nitrogen and oxygen atoms in total. The monoisotopic (exact) mass is 342 g/mol. The summed E-state index contributed by atoms with van der Waals surface area (Å²) in [7, 11) is -4.45. The van der Waals surface area contributed by atoms with E-state index in [1.807, 2.05) is 0 Å². The van der Waals surface area contributed by atoms with E-state index in [2.05, 4.69) is 6.58 Å². The van der Waals surface area contributed by atoms with Crippen LogP contribution >= 0.6 is 0 Å². The van der Waals surface area contributed by atoms with Crippen molar-refractivity contribution < 1.29 is 26.1 Å². The van der Waals surface area contributed by atoms with Crippen LogP contribution in [-0.2, 0) is 10.1 Å². The Morgan fingerprint density at radius 3 is 2.13 bits per heavy atom. The van der Waals surface area contributed by atoms with Crippen LogP contribution in [0.1, 0.15) is 11.1 Å². The van der Waals surface area contributed by atoms with Gasteiger partial charge in [0.1, 0.15) is 4.90 Å². The zero-order chi connectivity index (χ0) is 17.4. The minimum absolute atomic E-state index is 0.109. The van der Waals surface area contributed by atoms with Crippen molar-refractivity contribution in [1.29, 1.82) is 0 Å². The van der Waals surface area contributed by atoms with Gasteiger partial charge in [0.2, 0.25) is 0 Å². The van der Waals surface area contributed by atoms with E-state index >= 15 is 0 Å². The number of allylic oxidation sites excluding steroid dienone is 1. The van der Waals surface area contributed by atoms with Gasteiger partial charge in [-0.25, -0.2) is 0 Å². The molecule has 122 valence electrons. The third-order valence-corrected chi connectivity index (χ3v) is 4.21. The first-order valence-corrected chi connectivity index (χ1v) is 7.89. The largest absolute Gasteiger partial charge is 0.416 e. The number of halogens is 3. The summed E-state index contributed by atoms with van der Waals surface area (Å²) in [5.74, 6) is 0. The van der Waals surface area contributed by atoms with Crippen LogP contribution in [0.4, 0.5) is 13.2 Å². The second-order valence-corrected chi connectivity index (χ2v) is 6.42. The SMILES string of the molecule is C=C(c1ccc(-c2cc(C)ccc2S(=O)(=O)O)cc1)C(F)(F)F. The number of rotatable bonds is 3. The highest BCUT2D eigenvalue weighted by Gasteiger charge is 2.32. The predicted octanol–water partition coefficient (Wildman–Crippen LogP) is 4.48. The normalized spacial score (nSPS) is 12.2. The van der Waals surface area contributed by atoms with E-state index in [4.69, 9.17) is 0 Å². The van der Waals surface area contributed by atoms with Crippen LogP contribution in [0.25, 0.3) is 16.7 Å². The lowest BCUT2D eigenvalue weighted by molar-refractivity contribution is -0.0686. The van der Waals surface area contributed by atoms with Crippen LogP contribution in [0, 0.1) is 6.92 Å². The lowest BCUT2D eigenvalue weighted by atomic mass is 9.99. The number of hydrogen-bond acceptors (Lipinski definition) is 2. The molecule has 0 spiro atoms. The van der Waals surface area contributed by atoms with Crippen LogP contribution in [0.2, 0.25) is 0 Å². The Balaban J connectivity index is 2.53. The average molecular weight is 342 g/mol. The summed E-state index contributed by atoms with van der Waals surface area (Å²) in [6.45, 7) is 4.74. The van der Waals surface area contributed by atoms with Crippen LogP contribution in [0.3, 0.4) is 0 Å². The minimum atomic E-state index is -4.54. The van der Waals surface area contributed by atoms with Gasteiger partial charge in [0.15, 0.2) is 0 Å². The fourth-order valence-corrected chi connectivity index (χ4v) is 2.80. The van der Waals surface area contributed by atoms with E-state index in [1.54, 1.807) is 6.92 Å². The highest BCUT2D eigenvalue weighted by Crippen LogP contribution is 2.34. The summed E-state index contributed by atoms with van der Waals surface area (Å²) in [5, 5.41) is 0. The van der Waals surface area contributed by atoms with Crippen molar-refractivity contribution in [3.63, 3.8) is 0 Å². The fourth-order valence-electron chi connectivity index (χ4n) is 2.11. The zero-order valence-corrected chi connectivity index (χ0v) is 12.9. The molecule has 2 aromatic rings. The molecular weight excluding hydrogens is 329 g/mol. The molecule has 0 atom stereocenters. The van der Waals surface area contributed by atoms with Gasteiger partial charge in [0.05, 0.1) is 5.57 Å². The van der Waals surface area contributed by atoms with Crippen molar-refractivity contribution in [1.82, 2.24) is 0 Å². The Morgan fingerprint density at radius 2 is 1.65 bits per heavy atom. The zero-order valence-electron chi connectivity index (χ0n) is 12.1. The highest BCUT2D eigenvalue weighted by molar-refractivity contribution is 7.86. The van der Waals surface area contributed by atoms with E-state index in [9.17, 15) is 26.1 Å². The molecule has 0 aliphatic heterocycles. The summed E-state index contributed by atoms with van der Waals surface area (Å²) < 4.78 is 70.0. The molecule has 1 N–H and O–H groups in total. The molecule has 0 radical (unpaired) electrons. The van der Waals surface area contributed by atoms with E-state index in [1.165, 1.54) is 42.5 Å². The van der Waals surface area contributed by atoms with Crippen LogP contribution < -0.4 is 0 Å². The van der Waals surface area contributed by atoms with Crippen molar-refractivity contribution in [2.24, 2.45) is 0 Å². The maximum Gasteiger partial charge on any atom is 0.416 e. The van der Waals surface area contributed by atoms with Crippen molar-refractivity contribution in [2.45, 2.75) is 18.0 Å². The topological polar surface area (TPSA) is 54.4 Å². The predicted molar refractivity (Wildman–Crippen MR) is 81.5 cm³/mol. The summed E-state index contributed by atoms with van der Waals surface area (Å²) in [5.41, 5.74) is 0.249. The molecule has 2 rings (SSSR count). The summed E-state index contributed by atoms with van der Waals surface area (Å²) in [6.07, 6.45) is -4.54. The first-order chi connectivity index (χ1) is 10.5. The van der Waals surface area contributed by atoms with Crippen LogP contribution in [0.5, 0.6) is 0 Å². The molecule has 0 unspecified atom stereocenters. The molecule has 23 heavy (non-hydrogen) atoms. The standard InChI is InChI=1S/C16H13F3O3S/c1-10-3-8-15(23(20,21)22)14(9-10)13-6-4-12(5-7-13)11(2)16(17,18)19/h3-9H,2H2,1H3,(H,20,21,22). The molecule has 0 saturated carbocycles. The van der Waals surface area contributed by atoms with Crippen LogP contribution in [-0.4, -0.2) is 19.1 Å². The summed E-state index contributed by atoms with van der Waals surface area (Å²) >= 11 is 0. The van der Waals surface area contributed by atoms with Gasteiger partial charge in [-0.1, -0.05) is 48.5 Å². The van der Waals surface area contributed by atoms with Gasteiger partial charge in [0, 0.05) is 5.56 Å². The molecule has 0 saturated heterocycles. The van der Waals surface area contributed by atoms with Gasteiger partial charge < -0.3 is 0 Å². The molecular formula is C16H13F3O3S. The highest BCUT2D eigenvalue weighted by atomic mass is 32.2. The minimum Gasteiger partial charge on any atom is -0.282 e. The van der Waals surface area contributed by atoms with Gasteiger partial charge in [-0.3, -0.25) is 4.55 Å².